The van der Waals surface area contributed by atoms with Crippen molar-refractivity contribution >= 4 is 11.7 Å². The molecule has 4 heteroatoms. The lowest BCUT2D eigenvalue weighted by molar-refractivity contribution is 0.0224. The van der Waals surface area contributed by atoms with Gasteiger partial charge in [0.25, 0.3) is 0 Å². The van der Waals surface area contributed by atoms with E-state index in [9.17, 15) is 4.79 Å². The monoisotopic (exact) mass is 591 g/mol. The Bertz CT molecular complexity index is 1800. The van der Waals surface area contributed by atoms with Gasteiger partial charge in [-0.3, -0.25) is 0 Å². The zero-order valence-corrected chi connectivity index (χ0v) is 25.6. The van der Waals surface area contributed by atoms with Gasteiger partial charge in [0.2, 0.25) is 0 Å². The van der Waals surface area contributed by atoms with Gasteiger partial charge in [-0.2, -0.15) is 0 Å². The third-order valence-corrected chi connectivity index (χ3v) is 10.2. The molecule has 0 N–H and O–H groups in total. The maximum absolute atomic E-state index is 13.5. The average Bonchev–Trinajstić information content (AvgIpc) is 3.40. The number of anilines is 1. The van der Waals surface area contributed by atoms with Crippen LogP contribution in [0.2, 0.25) is 0 Å². The minimum Gasteiger partial charge on any atom is -0.456 e. The second-order valence-corrected chi connectivity index (χ2v) is 12.6. The van der Waals surface area contributed by atoms with Gasteiger partial charge in [-0.15, -0.1) is 0 Å². The molecule has 5 aromatic rings. The topological polar surface area (TPSA) is 38.8 Å². The van der Waals surface area contributed by atoms with Crippen LogP contribution in [0.25, 0.3) is 0 Å². The van der Waals surface area contributed by atoms with E-state index in [0.717, 1.165) is 41.1 Å². The number of ether oxygens (including phenoxy) is 2. The van der Waals surface area contributed by atoms with Crippen LogP contribution in [0.4, 0.5) is 5.69 Å². The molecule has 1 spiro atoms. The van der Waals surface area contributed by atoms with E-state index < -0.39 is 5.60 Å². The molecule has 45 heavy (non-hydrogen) atoms. The summed E-state index contributed by atoms with van der Waals surface area (Å²) in [6.07, 6.45) is 5.95. The maximum atomic E-state index is 13.5. The van der Waals surface area contributed by atoms with E-state index in [4.69, 9.17) is 9.47 Å². The van der Waals surface area contributed by atoms with Gasteiger partial charge < -0.3 is 14.4 Å². The van der Waals surface area contributed by atoms with Crippen LogP contribution in [-0.4, -0.2) is 12.0 Å². The minimum absolute atomic E-state index is 0.0137. The van der Waals surface area contributed by atoms with E-state index in [1.54, 1.807) is 0 Å². The minimum atomic E-state index is -1.09. The van der Waals surface area contributed by atoms with Crippen LogP contribution < -0.4 is 9.64 Å². The van der Waals surface area contributed by atoms with Crippen molar-refractivity contribution in [1.82, 2.24) is 0 Å². The fourth-order valence-corrected chi connectivity index (χ4v) is 7.96. The molecular weight excluding hydrogens is 554 g/mol. The molecule has 1 aliphatic carbocycles. The number of carbonyl (C=O) groups is 1. The SMILES string of the molecule is CCC1CCC(N(c2ccc3c(c2)C2(OC(=O)c4ccccc42)c2ccccc2O3)C(c2ccccc2)c2ccccc2)CC1. The van der Waals surface area contributed by atoms with Crippen LogP contribution in [0.15, 0.2) is 127 Å². The van der Waals surface area contributed by atoms with E-state index in [1.807, 2.05) is 48.5 Å². The zero-order chi connectivity index (χ0) is 30.4. The van der Waals surface area contributed by atoms with Crippen molar-refractivity contribution in [3.8, 4) is 11.5 Å². The normalized spacial score (nSPS) is 21.4. The Balaban J connectivity index is 1.35. The first kappa shape index (κ1) is 27.7. The largest absolute Gasteiger partial charge is 0.456 e. The zero-order valence-electron chi connectivity index (χ0n) is 25.6. The van der Waals surface area contributed by atoms with Crippen LogP contribution in [0.3, 0.4) is 0 Å². The number of fused-ring (bicyclic) bond motifs is 6. The Morgan fingerprint density at radius 2 is 1.29 bits per heavy atom. The molecule has 5 aromatic carbocycles. The van der Waals surface area contributed by atoms with Crippen LogP contribution in [0.5, 0.6) is 11.5 Å². The number of para-hydroxylation sites is 1. The van der Waals surface area contributed by atoms with Gasteiger partial charge in [0.1, 0.15) is 11.5 Å². The Labute approximate surface area is 265 Å². The second-order valence-electron chi connectivity index (χ2n) is 12.6. The lowest BCUT2D eigenvalue weighted by Crippen LogP contribution is -2.42. The molecular formula is C41H37NO3. The molecule has 4 nitrogen and oxygen atoms in total. The van der Waals surface area contributed by atoms with Gasteiger partial charge in [0.05, 0.1) is 11.6 Å². The molecule has 1 atom stereocenters. The molecule has 1 unspecified atom stereocenters. The summed E-state index contributed by atoms with van der Waals surface area (Å²) in [6, 6.07) is 44.3. The molecule has 224 valence electrons. The fraction of sp³-hybridized carbons (Fsp3) is 0.244. The summed E-state index contributed by atoms with van der Waals surface area (Å²) in [5, 5.41) is 0. The van der Waals surface area contributed by atoms with Crippen molar-refractivity contribution in [3.63, 3.8) is 0 Å². The highest BCUT2D eigenvalue weighted by Gasteiger charge is 2.53. The quantitative estimate of drug-likeness (QED) is 0.184. The predicted octanol–water partition coefficient (Wildman–Crippen LogP) is 9.82. The summed E-state index contributed by atoms with van der Waals surface area (Å²) < 4.78 is 13.1. The van der Waals surface area contributed by atoms with Crippen LogP contribution in [0, 0.1) is 5.92 Å². The van der Waals surface area contributed by atoms with E-state index in [2.05, 4.69) is 90.7 Å². The highest BCUT2D eigenvalue weighted by Crippen LogP contribution is 2.57. The molecule has 2 heterocycles. The van der Waals surface area contributed by atoms with Crippen molar-refractivity contribution in [3.05, 3.63) is 161 Å². The summed E-state index contributed by atoms with van der Waals surface area (Å²) in [5.41, 5.74) is 5.72. The number of benzene rings is 5. The molecule has 0 aromatic heterocycles. The Morgan fingerprint density at radius 3 is 1.98 bits per heavy atom. The molecule has 1 fully saturated rings. The Kier molecular flexibility index (Phi) is 6.94. The lowest BCUT2D eigenvalue weighted by atomic mass is 9.77. The van der Waals surface area contributed by atoms with Gasteiger partial charge in [0.15, 0.2) is 5.60 Å². The van der Waals surface area contributed by atoms with Crippen molar-refractivity contribution in [1.29, 1.82) is 0 Å². The van der Waals surface area contributed by atoms with Crippen molar-refractivity contribution < 1.29 is 14.3 Å². The lowest BCUT2D eigenvalue weighted by Gasteiger charge is -2.44. The second kappa shape index (κ2) is 11.3. The first-order valence-electron chi connectivity index (χ1n) is 16.3. The third-order valence-electron chi connectivity index (χ3n) is 10.2. The molecule has 0 bridgehead atoms. The number of nitrogens with zero attached hydrogens (tertiary/aromatic N) is 1. The van der Waals surface area contributed by atoms with Crippen molar-refractivity contribution in [2.75, 3.05) is 4.90 Å². The van der Waals surface area contributed by atoms with E-state index in [-0.39, 0.29) is 12.0 Å². The van der Waals surface area contributed by atoms with Crippen LogP contribution >= 0.6 is 0 Å². The smallest absolute Gasteiger partial charge is 0.340 e. The van der Waals surface area contributed by atoms with Gasteiger partial charge in [-0.1, -0.05) is 110 Å². The third kappa shape index (κ3) is 4.54. The summed E-state index contributed by atoms with van der Waals surface area (Å²) in [7, 11) is 0. The van der Waals surface area contributed by atoms with E-state index in [1.165, 1.54) is 30.4 Å². The summed E-state index contributed by atoms with van der Waals surface area (Å²) >= 11 is 0. The molecule has 8 rings (SSSR count). The van der Waals surface area contributed by atoms with Gasteiger partial charge in [-0.25, -0.2) is 4.79 Å². The van der Waals surface area contributed by atoms with E-state index in [0.29, 0.717) is 23.1 Å². The molecule has 1 saturated carbocycles. The molecule has 0 amide bonds. The maximum Gasteiger partial charge on any atom is 0.340 e. The Morgan fingerprint density at radius 1 is 0.689 bits per heavy atom. The number of hydrogen-bond donors (Lipinski definition) is 0. The summed E-state index contributed by atoms with van der Waals surface area (Å²) in [6.45, 7) is 2.32. The first-order valence-corrected chi connectivity index (χ1v) is 16.3. The molecule has 0 radical (unpaired) electrons. The standard InChI is InChI=1S/C41H37NO3/c1-2-28-21-23-31(24-22-28)42(39(29-13-5-3-6-14-29)30-15-7-4-8-16-30)32-25-26-38-36(27-32)41(35-19-11-12-20-37(35)44-38)34-18-10-9-17-33(34)40(43)45-41/h3-20,25-28,31,39H,2,21-24H2,1H3. The summed E-state index contributed by atoms with van der Waals surface area (Å²) in [4.78, 5) is 16.1. The van der Waals surface area contributed by atoms with Crippen LogP contribution in [-0.2, 0) is 10.3 Å². The molecule has 0 saturated heterocycles. The van der Waals surface area contributed by atoms with Crippen LogP contribution in [0.1, 0.15) is 83.2 Å². The number of rotatable bonds is 6. The van der Waals surface area contributed by atoms with Crippen molar-refractivity contribution in [2.24, 2.45) is 5.92 Å². The number of hydrogen-bond acceptors (Lipinski definition) is 4. The molecule has 2 aliphatic heterocycles. The predicted molar refractivity (Wildman–Crippen MR) is 178 cm³/mol. The summed E-state index contributed by atoms with van der Waals surface area (Å²) in [5.74, 6) is 1.90. The van der Waals surface area contributed by atoms with Gasteiger partial charge in [-0.05, 0) is 73.1 Å². The van der Waals surface area contributed by atoms with Gasteiger partial charge >= 0.3 is 5.97 Å². The van der Waals surface area contributed by atoms with E-state index >= 15 is 0 Å². The first-order chi connectivity index (χ1) is 22.2. The number of esters is 1. The van der Waals surface area contributed by atoms with Crippen molar-refractivity contribution in [2.45, 2.75) is 56.7 Å². The average molecular weight is 592 g/mol. The highest BCUT2D eigenvalue weighted by atomic mass is 16.6. The fourth-order valence-electron chi connectivity index (χ4n) is 7.96. The number of carbonyl (C=O) groups excluding carboxylic acids is 1. The van der Waals surface area contributed by atoms with Gasteiger partial charge in [0, 0.05) is 28.4 Å². The highest BCUT2D eigenvalue weighted by molar-refractivity contribution is 5.97. The Hall–Kier alpha value is -4.83. The molecule has 3 aliphatic rings.